The first-order valence-electron chi connectivity index (χ1n) is 7.68. The number of carbonyl (C=O) groups excluding carboxylic acids is 1. The molecular formula is C15H18N4O5S. The van der Waals surface area contributed by atoms with Gasteiger partial charge in [0.25, 0.3) is 5.56 Å². The molecule has 9 nitrogen and oxygen atoms in total. The zero-order valence-electron chi connectivity index (χ0n) is 13.7. The topological polar surface area (TPSA) is 106 Å². The van der Waals surface area contributed by atoms with Crippen LogP contribution in [0.5, 0.6) is 0 Å². The number of carbonyl (C=O) groups is 1. The fourth-order valence-electron chi connectivity index (χ4n) is 2.62. The van der Waals surface area contributed by atoms with E-state index in [1.165, 1.54) is 27.5 Å². The average molecular weight is 366 g/mol. The van der Waals surface area contributed by atoms with Crippen molar-refractivity contribution in [1.82, 2.24) is 18.8 Å². The molecule has 10 heteroatoms. The number of amides is 1. The number of hydrogen-bond acceptors (Lipinski definition) is 6. The van der Waals surface area contributed by atoms with E-state index < -0.39 is 10.0 Å². The summed E-state index contributed by atoms with van der Waals surface area (Å²) in [5.41, 5.74) is 0.0463. The molecule has 0 saturated carbocycles. The Balaban J connectivity index is 1.65. The van der Waals surface area contributed by atoms with Crippen LogP contribution in [0.15, 0.2) is 40.0 Å². The van der Waals surface area contributed by atoms with Crippen LogP contribution in [0.4, 0.5) is 0 Å². The maximum absolute atomic E-state index is 12.3. The first-order valence-corrected chi connectivity index (χ1v) is 9.53. The number of aromatic nitrogens is 2. The lowest BCUT2D eigenvalue weighted by atomic mass is 10.3. The van der Waals surface area contributed by atoms with Gasteiger partial charge in [-0.2, -0.15) is 4.31 Å². The third-order valence-corrected chi connectivity index (χ3v) is 5.32. The molecule has 1 saturated heterocycles. The molecule has 2 aromatic heterocycles. The average Bonchev–Trinajstić information content (AvgIpc) is 3.10. The largest absolute Gasteiger partial charge is 0.463 e. The van der Waals surface area contributed by atoms with Crippen molar-refractivity contribution in [1.29, 1.82) is 0 Å². The van der Waals surface area contributed by atoms with Crippen molar-refractivity contribution >= 4 is 15.9 Å². The summed E-state index contributed by atoms with van der Waals surface area (Å²) in [7, 11) is -3.25. The lowest BCUT2D eigenvalue weighted by Gasteiger charge is -2.33. The molecule has 3 heterocycles. The van der Waals surface area contributed by atoms with Crippen LogP contribution in [0.2, 0.25) is 0 Å². The van der Waals surface area contributed by atoms with Crippen LogP contribution in [0.25, 0.3) is 11.5 Å². The van der Waals surface area contributed by atoms with Gasteiger partial charge in [-0.1, -0.05) is 0 Å². The molecule has 2 aromatic rings. The third kappa shape index (κ3) is 3.97. The molecule has 0 spiro atoms. The fraction of sp³-hybridized carbons (Fsp3) is 0.400. The van der Waals surface area contributed by atoms with Crippen LogP contribution in [-0.2, 0) is 21.4 Å². The van der Waals surface area contributed by atoms with Gasteiger partial charge in [-0.3, -0.25) is 14.2 Å². The molecule has 3 rings (SSSR count). The summed E-state index contributed by atoms with van der Waals surface area (Å²) in [6.07, 6.45) is 3.95. The molecule has 0 unspecified atom stereocenters. The molecule has 0 N–H and O–H groups in total. The van der Waals surface area contributed by atoms with Gasteiger partial charge in [-0.15, -0.1) is 0 Å². The minimum atomic E-state index is -3.25. The summed E-state index contributed by atoms with van der Waals surface area (Å²) < 4.78 is 30.7. The van der Waals surface area contributed by atoms with Gasteiger partial charge in [0.15, 0.2) is 5.76 Å². The number of hydrogen-bond donors (Lipinski definition) is 0. The third-order valence-electron chi connectivity index (χ3n) is 4.02. The highest BCUT2D eigenvalue weighted by Crippen LogP contribution is 2.14. The van der Waals surface area contributed by atoms with Crippen molar-refractivity contribution < 1.29 is 17.6 Å². The molecule has 25 heavy (non-hydrogen) atoms. The number of piperazine rings is 1. The molecule has 0 aliphatic carbocycles. The highest BCUT2D eigenvalue weighted by molar-refractivity contribution is 7.88. The van der Waals surface area contributed by atoms with Crippen molar-refractivity contribution in [3.63, 3.8) is 0 Å². The highest BCUT2D eigenvalue weighted by Gasteiger charge is 2.26. The van der Waals surface area contributed by atoms with Crippen LogP contribution in [0.1, 0.15) is 0 Å². The van der Waals surface area contributed by atoms with Crippen LogP contribution < -0.4 is 5.56 Å². The van der Waals surface area contributed by atoms with Crippen LogP contribution in [0.3, 0.4) is 0 Å². The minimum absolute atomic E-state index is 0.136. The number of nitrogens with zero attached hydrogens (tertiary/aromatic N) is 4. The van der Waals surface area contributed by atoms with Crippen molar-refractivity contribution in [2.45, 2.75) is 6.54 Å². The molecule has 0 aromatic carbocycles. The van der Waals surface area contributed by atoms with Gasteiger partial charge < -0.3 is 9.32 Å². The number of sulfonamides is 1. The van der Waals surface area contributed by atoms with Gasteiger partial charge in [-0.25, -0.2) is 13.4 Å². The fourth-order valence-corrected chi connectivity index (χ4v) is 3.45. The SMILES string of the molecule is CS(=O)(=O)N1CCN(C(=O)Cn2cnc(-c3ccco3)cc2=O)CC1. The van der Waals surface area contributed by atoms with E-state index in [0.29, 0.717) is 24.5 Å². The molecule has 1 aliphatic rings. The van der Waals surface area contributed by atoms with E-state index in [9.17, 15) is 18.0 Å². The molecule has 0 atom stereocenters. The Hall–Kier alpha value is -2.46. The van der Waals surface area contributed by atoms with E-state index in [-0.39, 0.29) is 31.1 Å². The van der Waals surface area contributed by atoms with Crippen molar-refractivity contribution in [2.75, 3.05) is 32.4 Å². The summed E-state index contributed by atoms with van der Waals surface area (Å²) in [5, 5.41) is 0. The van der Waals surface area contributed by atoms with Gasteiger partial charge in [0.2, 0.25) is 15.9 Å². The lowest BCUT2D eigenvalue weighted by Crippen LogP contribution is -2.51. The normalized spacial score (nSPS) is 16.1. The predicted octanol–water partition coefficient (Wildman–Crippen LogP) is -0.393. The minimum Gasteiger partial charge on any atom is -0.463 e. The van der Waals surface area contributed by atoms with Crippen molar-refractivity contribution in [2.24, 2.45) is 0 Å². The van der Waals surface area contributed by atoms with E-state index in [2.05, 4.69) is 4.98 Å². The summed E-state index contributed by atoms with van der Waals surface area (Å²) in [4.78, 5) is 30.2. The Labute approximate surface area is 144 Å². The zero-order chi connectivity index (χ0) is 18.0. The van der Waals surface area contributed by atoms with Gasteiger partial charge >= 0.3 is 0 Å². The second-order valence-corrected chi connectivity index (χ2v) is 7.74. The van der Waals surface area contributed by atoms with Gasteiger partial charge in [0, 0.05) is 32.2 Å². The van der Waals surface area contributed by atoms with E-state index in [4.69, 9.17) is 4.42 Å². The molecule has 1 amide bonds. The Kier molecular flexibility index (Phi) is 4.73. The summed E-state index contributed by atoms with van der Waals surface area (Å²) in [6.45, 7) is 0.991. The van der Waals surface area contributed by atoms with Crippen LogP contribution in [-0.4, -0.2) is 65.5 Å². The van der Waals surface area contributed by atoms with Crippen LogP contribution >= 0.6 is 0 Å². The Morgan fingerprint density at radius 3 is 2.56 bits per heavy atom. The van der Waals surface area contributed by atoms with E-state index >= 15 is 0 Å². The lowest BCUT2D eigenvalue weighted by molar-refractivity contribution is -0.133. The second-order valence-electron chi connectivity index (χ2n) is 5.76. The van der Waals surface area contributed by atoms with Crippen molar-refractivity contribution in [3.8, 4) is 11.5 Å². The maximum atomic E-state index is 12.3. The van der Waals surface area contributed by atoms with Gasteiger partial charge in [-0.05, 0) is 12.1 Å². The molecule has 0 bridgehead atoms. The molecular weight excluding hydrogens is 348 g/mol. The number of furan rings is 1. The van der Waals surface area contributed by atoms with E-state index in [1.807, 2.05) is 0 Å². The zero-order valence-corrected chi connectivity index (χ0v) is 14.5. The van der Waals surface area contributed by atoms with Gasteiger partial charge in [0.05, 0.1) is 18.8 Å². The maximum Gasteiger partial charge on any atom is 0.254 e. The highest BCUT2D eigenvalue weighted by atomic mass is 32.2. The van der Waals surface area contributed by atoms with Crippen LogP contribution in [0, 0.1) is 0 Å². The molecule has 134 valence electrons. The van der Waals surface area contributed by atoms with Gasteiger partial charge in [0.1, 0.15) is 12.2 Å². The summed E-state index contributed by atoms with van der Waals surface area (Å²) in [5.74, 6) is 0.232. The quantitative estimate of drug-likeness (QED) is 0.729. The smallest absolute Gasteiger partial charge is 0.254 e. The molecule has 0 radical (unpaired) electrons. The van der Waals surface area contributed by atoms with Crippen molar-refractivity contribution in [3.05, 3.63) is 41.1 Å². The Bertz CT molecular complexity index is 912. The molecule has 1 aliphatic heterocycles. The standard InChI is InChI=1S/C15H18N4O5S/c1-25(22,23)19-6-4-17(5-7-19)15(21)10-18-11-16-12(9-14(18)20)13-3-2-8-24-13/h2-3,8-9,11H,4-7,10H2,1H3. The second kappa shape index (κ2) is 6.81. The number of rotatable bonds is 4. The summed E-state index contributed by atoms with van der Waals surface area (Å²) >= 11 is 0. The predicted molar refractivity (Wildman–Crippen MR) is 89.2 cm³/mol. The first kappa shape index (κ1) is 17.4. The monoisotopic (exact) mass is 366 g/mol. The Morgan fingerprint density at radius 2 is 2.00 bits per heavy atom. The van der Waals surface area contributed by atoms with E-state index in [1.54, 1.807) is 17.0 Å². The van der Waals surface area contributed by atoms with E-state index in [0.717, 1.165) is 6.26 Å². The first-order chi connectivity index (χ1) is 11.8. The molecule has 1 fully saturated rings. The Morgan fingerprint density at radius 1 is 1.28 bits per heavy atom. The summed E-state index contributed by atoms with van der Waals surface area (Å²) in [6, 6.07) is 4.70.